The fraction of sp³-hybridized carbons (Fsp3) is 0.381. The van der Waals surface area contributed by atoms with Crippen LogP contribution < -0.4 is 19.1 Å². The first-order valence-corrected chi connectivity index (χ1v) is 11.6. The predicted molar refractivity (Wildman–Crippen MR) is 119 cm³/mol. The van der Waals surface area contributed by atoms with Gasteiger partial charge >= 0.3 is 0 Å². The molecule has 0 radical (unpaired) electrons. The monoisotopic (exact) mass is 454 g/mol. The third-order valence-corrected chi connectivity index (χ3v) is 6.16. The van der Waals surface area contributed by atoms with Crippen LogP contribution in [0.2, 0.25) is 5.02 Å². The second-order valence-electron chi connectivity index (χ2n) is 6.77. The molecule has 0 spiro atoms. The van der Waals surface area contributed by atoms with E-state index < -0.39 is 22.0 Å². The largest absolute Gasteiger partial charge is 0.496 e. The van der Waals surface area contributed by atoms with E-state index in [1.54, 1.807) is 32.2 Å². The highest BCUT2D eigenvalue weighted by molar-refractivity contribution is 7.92. The van der Waals surface area contributed by atoms with Gasteiger partial charge in [0.1, 0.15) is 17.5 Å². The molecule has 2 unspecified atom stereocenters. The van der Waals surface area contributed by atoms with Crippen molar-refractivity contribution in [1.82, 2.24) is 5.32 Å². The lowest BCUT2D eigenvalue weighted by atomic mass is 10.1. The molecule has 0 heterocycles. The highest BCUT2D eigenvalue weighted by Gasteiger charge is 2.32. The van der Waals surface area contributed by atoms with Crippen molar-refractivity contribution in [3.63, 3.8) is 0 Å². The van der Waals surface area contributed by atoms with E-state index in [0.29, 0.717) is 11.5 Å². The molecule has 0 saturated carbocycles. The molecule has 164 valence electrons. The zero-order chi connectivity index (χ0) is 22.5. The van der Waals surface area contributed by atoms with Crippen LogP contribution in [0.15, 0.2) is 42.5 Å². The Hall–Kier alpha value is -2.45. The summed E-state index contributed by atoms with van der Waals surface area (Å²) in [5.74, 6) is 0.629. The van der Waals surface area contributed by atoms with Gasteiger partial charge in [0.25, 0.3) is 0 Å². The van der Waals surface area contributed by atoms with Gasteiger partial charge in [-0.1, -0.05) is 36.7 Å². The molecule has 2 aromatic carbocycles. The zero-order valence-electron chi connectivity index (χ0n) is 17.7. The van der Waals surface area contributed by atoms with E-state index in [1.807, 2.05) is 25.1 Å². The highest BCUT2D eigenvalue weighted by Crippen LogP contribution is 2.32. The first-order chi connectivity index (χ1) is 14.1. The first-order valence-electron chi connectivity index (χ1n) is 9.40. The normalized spacial score (nSPS) is 13.3. The molecule has 2 aromatic rings. The van der Waals surface area contributed by atoms with Crippen LogP contribution in [0.1, 0.15) is 31.9 Å². The zero-order valence-corrected chi connectivity index (χ0v) is 19.3. The Morgan fingerprint density at radius 3 is 2.30 bits per heavy atom. The Morgan fingerprint density at radius 1 is 1.13 bits per heavy atom. The van der Waals surface area contributed by atoms with Gasteiger partial charge in [-0.2, -0.15) is 0 Å². The summed E-state index contributed by atoms with van der Waals surface area (Å²) >= 11 is 6.19. The SMILES string of the molecule is CCC(C(=O)NC(C)c1ccccc1OC)N(c1ccc(OC)c(Cl)c1)S(C)(=O)=O. The van der Waals surface area contributed by atoms with E-state index in [-0.39, 0.29) is 23.2 Å². The van der Waals surface area contributed by atoms with Gasteiger partial charge in [0.05, 0.1) is 37.2 Å². The van der Waals surface area contributed by atoms with Crippen LogP contribution in [0.25, 0.3) is 0 Å². The van der Waals surface area contributed by atoms with Gasteiger partial charge in [0.15, 0.2) is 0 Å². The quantitative estimate of drug-likeness (QED) is 0.623. The number of amides is 1. The average molecular weight is 455 g/mol. The minimum Gasteiger partial charge on any atom is -0.496 e. The number of hydrogen-bond donors (Lipinski definition) is 1. The van der Waals surface area contributed by atoms with Crippen LogP contribution >= 0.6 is 11.6 Å². The molecule has 0 aromatic heterocycles. The van der Waals surface area contributed by atoms with E-state index in [4.69, 9.17) is 21.1 Å². The molecule has 9 heteroatoms. The number of halogens is 1. The van der Waals surface area contributed by atoms with E-state index in [1.165, 1.54) is 13.2 Å². The minimum absolute atomic E-state index is 0.251. The maximum atomic E-state index is 13.1. The highest BCUT2D eigenvalue weighted by atomic mass is 35.5. The molecular weight excluding hydrogens is 428 g/mol. The lowest BCUT2D eigenvalue weighted by Crippen LogP contribution is -2.49. The van der Waals surface area contributed by atoms with Crippen molar-refractivity contribution in [2.45, 2.75) is 32.4 Å². The van der Waals surface area contributed by atoms with Gasteiger partial charge in [0, 0.05) is 5.56 Å². The fourth-order valence-electron chi connectivity index (χ4n) is 3.26. The number of hydrogen-bond acceptors (Lipinski definition) is 5. The molecule has 1 amide bonds. The molecular formula is C21H27ClN2O5S. The number of benzene rings is 2. The number of carbonyl (C=O) groups excluding carboxylic acids is 1. The van der Waals surface area contributed by atoms with Crippen molar-refractivity contribution >= 4 is 33.2 Å². The molecule has 0 aliphatic rings. The molecule has 0 aliphatic carbocycles. The standard InChI is InChI=1S/C21H27ClN2O5S/c1-6-18(21(25)23-14(2)16-9-7-8-10-19(16)28-3)24(30(5,26)27)15-11-12-20(29-4)17(22)13-15/h7-14,18H,6H2,1-5H3,(H,23,25). The summed E-state index contributed by atoms with van der Waals surface area (Å²) in [5, 5.41) is 3.15. The second-order valence-corrected chi connectivity index (χ2v) is 9.04. The van der Waals surface area contributed by atoms with Crippen molar-refractivity contribution < 1.29 is 22.7 Å². The van der Waals surface area contributed by atoms with Gasteiger partial charge in [-0.15, -0.1) is 0 Å². The van der Waals surface area contributed by atoms with Gasteiger partial charge in [-0.25, -0.2) is 8.42 Å². The minimum atomic E-state index is -3.78. The summed E-state index contributed by atoms with van der Waals surface area (Å²) in [6.07, 6.45) is 1.33. The molecule has 1 N–H and O–H groups in total. The summed E-state index contributed by atoms with van der Waals surface area (Å²) in [6.45, 7) is 3.57. The van der Waals surface area contributed by atoms with Gasteiger partial charge in [-0.3, -0.25) is 9.10 Å². The summed E-state index contributed by atoms with van der Waals surface area (Å²) in [6, 6.07) is 10.6. The predicted octanol–water partition coefficient (Wildman–Crippen LogP) is 3.78. The Labute approximate surface area is 183 Å². The third-order valence-electron chi connectivity index (χ3n) is 4.68. The number of nitrogens with zero attached hydrogens (tertiary/aromatic N) is 1. The smallest absolute Gasteiger partial charge is 0.244 e. The summed E-state index contributed by atoms with van der Waals surface area (Å²) < 4.78 is 36.8. The van der Waals surface area contributed by atoms with Crippen LogP contribution in [0.3, 0.4) is 0 Å². The second kappa shape index (κ2) is 10.0. The summed E-state index contributed by atoms with van der Waals surface area (Å²) in [7, 11) is -0.750. The third kappa shape index (κ3) is 5.37. The van der Waals surface area contributed by atoms with E-state index in [0.717, 1.165) is 16.1 Å². The first kappa shape index (κ1) is 23.8. The van der Waals surface area contributed by atoms with Crippen LogP contribution in [-0.2, 0) is 14.8 Å². The van der Waals surface area contributed by atoms with Crippen molar-refractivity contribution in [1.29, 1.82) is 0 Å². The number of rotatable bonds is 9. The molecule has 2 atom stereocenters. The molecule has 0 saturated heterocycles. The number of anilines is 1. The van der Waals surface area contributed by atoms with Crippen molar-refractivity contribution in [3.8, 4) is 11.5 Å². The number of methoxy groups -OCH3 is 2. The molecule has 0 bridgehead atoms. The number of para-hydroxylation sites is 1. The van der Waals surface area contributed by atoms with Gasteiger partial charge in [-0.05, 0) is 37.6 Å². The van der Waals surface area contributed by atoms with Gasteiger partial charge in [0.2, 0.25) is 15.9 Å². The topological polar surface area (TPSA) is 84.9 Å². The number of ether oxygens (including phenoxy) is 2. The van der Waals surface area contributed by atoms with Gasteiger partial charge < -0.3 is 14.8 Å². The van der Waals surface area contributed by atoms with Crippen molar-refractivity contribution in [3.05, 3.63) is 53.1 Å². The molecule has 0 fully saturated rings. The van der Waals surface area contributed by atoms with Crippen LogP contribution in [0.5, 0.6) is 11.5 Å². The molecule has 7 nitrogen and oxygen atoms in total. The average Bonchev–Trinajstić information content (AvgIpc) is 2.70. The van der Waals surface area contributed by atoms with Crippen molar-refractivity contribution in [2.24, 2.45) is 0 Å². The maximum absolute atomic E-state index is 13.1. The van der Waals surface area contributed by atoms with E-state index in [2.05, 4.69) is 5.32 Å². The van der Waals surface area contributed by atoms with Crippen LogP contribution in [0.4, 0.5) is 5.69 Å². The fourth-order valence-corrected chi connectivity index (χ4v) is 4.72. The van der Waals surface area contributed by atoms with E-state index in [9.17, 15) is 13.2 Å². The Bertz CT molecular complexity index is 997. The Kier molecular flexibility index (Phi) is 7.97. The van der Waals surface area contributed by atoms with Crippen LogP contribution in [0, 0.1) is 0 Å². The Balaban J connectivity index is 2.37. The lowest BCUT2D eigenvalue weighted by molar-refractivity contribution is -0.122. The lowest BCUT2D eigenvalue weighted by Gasteiger charge is -2.31. The maximum Gasteiger partial charge on any atom is 0.244 e. The molecule has 2 rings (SSSR count). The van der Waals surface area contributed by atoms with Crippen LogP contribution in [-0.4, -0.2) is 40.8 Å². The van der Waals surface area contributed by atoms with E-state index >= 15 is 0 Å². The molecule has 30 heavy (non-hydrogen) atoms. The van der Waals surface area contributed by atoms with Crippen molar-refractivity contribution in [2.75, 3.05) is 24.8 Å². The summed E-state index contributed by atoms with van der Waals surface area (Å²) in [4.78, 5) is 13.1. The molecule has 0 aliphatic heterocycles. The number of sulfonamides is 1. The number of nitrogens with one attached hydrogen (secondary N) is 1. The summed E-state index contributed by atoms with van der Waals surface area (Å²) in [5.41, 5.74) is 1.08. The number of carbonyl (C=O) groups is 1. The Morgan fingerprint density at radius 2 is 1.77 bits per heavy atom.